The molecule has 2 fully saturated rings. The summed E-state index contributed by atoms with van der Waals surface area (Å²) in [7, 11) is 0. The second-order valence-electron chi connectivity index (χ2n) is 6.05. The van der Waals surface area contributed by atoms with Gasteiger partial charge in [0.25, 0.3) is 0 Å². The van der Waals surface area contributed by atoms with Crippen LogP contribution in [0.3, 0.4) is 0 Å². The van der Waals surface area contributed by atoms with E-state index in [1.165, 1.54) is 18.9 Å². The molecule has 0 amide bonds. The Morgan fingerprint density at radius 3 is 2.62 bits per heavy atom. The standard InChI is InChI=1S/C15H18ClF3N2/c1-9-6-11(8-21(9)12-3-4-12)20-14-7-10(15(17,18)19)2-5-13(14)16/h2,5,7,9,11-12,20H,3-4,6,8H2,1H3. The van der Waals surface area contributed by atoms with E-state index in [0.717, 1.165) is 25.1 Å². The van der Waals surface area contributed by atoms with Gasteiger partial charge in [-0.25, -0.2) is 0 Å². The molecule has 0 bridgehead atoms. The van der Waals surface area contributed by atoms with Crippen LogP contribution in [-0.4, -0.2) is 29.6 Å². The fourth-order valence-electron chi connectivity index (χ4n) is 3.11. The summed E-state index contributed by atoms with van der Waals surface area (Å²) in [5.41, 5.74) is -0.291. The zero-order chi connectivity index (χ0) is 15.2. The lowest BCUT2D eigenvalue weighted by Gasteiger charge is -2.20. The van der Waals surface area contributed by atoms with Crippen LogP contribution < -0.4 is 5.32 Å². The third-order valence-electron chi connectivity index (χ3n) is 4.29. The predicted molar refractivity (Wildman–Crippen MR) is 77.7 cm³/mol. The third-order valence-corrected chi connectivity index (χ3v) is 4.62. The molecule has 0 radical (unpaired) electrons. The Labute approximate surface area is 127 Å². The number of rotatable bonds is 3. The van der Waals surface area contributed by atoms with Crippen LogP contribution in [0.15, 0.2) is 18.2 Å². The molecule has 1 N–H and O–H groups in total. The van der Waals surface area contributed by atoms with Crippen molar-refractivity contribution in [3.63, 3.8) is 0 Å². The van der Waals surface area contributed by atoms with Crippen LogP contribution in [0.1, 0.15) is 31.7 Å². The zero-order valence-electron chi connectivity index (χ0n) is 11.8. The number of nitrogens with zero attached hydrogens (tertiary/aromatic N) is 1. The molecular weight excluding hydrogens is 301 g/mol. The molecule has 1 saturated carbocycles. The van der Waals surface area contributed by atoms with Crippen LogP contribution in [0.25, 0.3) is 0 Å². The molecule has 1 aliphatic heterocycles. The molecule has 21 heavy (non-hydrogen) atoms. The van der Waals surface area contributed by atoms with Crippen molar-refractivity contribution in [2.45, 2.75) is 50.5 Å². The van der Waals surface area contributed by atoms with Gasteiger partial charge in [-0.15, -0.1) is 0 Å². The van der Waals surface area contributed by atoms with E-state index in [9.17, 15) is 13.2 Å². The Morgan fingerprint density at radius 1 is 1.29 bits per heavy atom. The first-order valence-electron chi connectivity index (χ1n) is 7.23. The highest BCUT2D eigenvalue weighted by molar-refractivity contribution is 6.33. The molecule has 1 aliphatic carbocycles. The molecule has 6 heteroatoms. The van der Waals surface area contributed by atoms with E-state index in [0.29, 0.717) is 22.8 Å². The third kappa shape index (κ3) is 3.29. The number of likely N-dealkylation sites (tertiary alicyclic amines) is 1. The van der Waals surface area contributed by atoms with Crippen molar-refractivity contribution in [3.8, 4) is 0 Å². The molecule has 116 valence electrons. The molecule has 3 rings (SSSR count). The van der Waals surface area contributed by atoms with E-state index in [-0.39, 0.29) is 6.04 Å². The summed E-state index contributed by atoms with van der Waals surface area (Å²) in [6.07, 6.45) is -0.935. The topological polar surface area (TPSA) is 15.3 Å². The van der Waals surface area contributed by atoms with Gasteiger partial charge in [0.15, 0.2) is 0 Å². The van der Waals surface area contributed by atoms with Gasteiger partial charge in [-0.2, -0.15) is 13.2 Å². The Hall–Kier alpha value is -0.940. The van der Waals surface area contributed by atoms with Crippen LogP contribution in [0, 0.1) is 0 Å². The highest BCUT2D eigenvalue weighted by atomic mass is 35.5. The van der Waals surface area contributed by atoms with Crippen LogP contribution in [0.4, 0.5) is 18.9 Å². The second-order valence-corrected chi connectivity index (χ2v) is 6.45. The molecular formula is C15H18ClF3N2. The Balaban J connectivity index is 1.73. The maximum Gasteiger partial charge on any atom is 0.416 e. The van der Waals surface area contributed by atoms with Gasteiger partial charge in [0.1, 0.15) is 0 Å². The van der Waals surface area contributed by atoms with E-state index < -0.39 is 11.7 Å². The minimum Gasteiger partial charge on any atom is -0.380 e. The molecule has 1 aromatic carbocycles. The van der Waals surface area contributed by atoms with Crippen molar-refractivity contribution >= 4 is 17.3 Å². The van der Waals surface area contributed by atoms with Crippen LogP contribution in [-0.2, 0) is 6.18 Å². The first-order chi connectivity index (χ1) is 9.84. The highest BCUT2D eigenvalue weighted by Gasteiger charge is 2.39. The minimum atomic E-state index is -4.34. The van der Waals surface area contributed by atoms with Gasteiger partial charge >= 0.3 is 6.18 Å². The first-order valence-corrected chi connectivity index (χ1v) is 7.61. The molecule has 1 aromatic rings. The summed E-state index contributed by atoms with van der Waals surface area (Å²) < 4.78 is 38.3. The smallest absolute Gasteiger partial charge is 0.380 e. The average molecular weight is 319 g/mol. The minimum absolute atomic E-state index is 0.154. The molecule has 1 saturated heterocycles. The summed E-state index contributed by atoms with van der Waals surface area (Å²) >= 11 is 6.03. The number of halogens is 4. The average Bonchev–Trinajstić information content (AvgIpc) is 3.16. The van der Waals surface area contributed by atoms with Crippen LogP contribution in [0.5, 0.6) is 0 Å². The Morgan fingerprint density at radius 2 is 2.00 bits per heavy atom. The van der Waals surface area contributed by atoms with E-state index in [1.807, 2.05) is 0 Å². The molecule has 2 unspecified atom stereocenters. The lowest BCUT2D eigenvalue weighted by molar-refractivity contribution is -0.137. The number of nitrogens with one attached hydrogen (secondary N) is 1. The summed E-state index contributed by atoms with van der Waals surface area (Å²) in [4.78, 5) is 2.44. The first kappa shape index (κ1) is 15.0. The number of hydrogen-bond acceptors (Lipinski definition) is 2. The molecule has 2 atom stereocenters. The quantitative estimate of drug-likeness (QED) is 0.889. The van der Waals surface area contributed by atoms with Crippen LogP contribution in [0.2, 0.25) is 5.02 Å². The van der Waals surface area contributed by atoms with Gasteiger partial charge in [-0.1, -0.05) is 11.6 Å². The van der Waals surface area contributed by atoms with Crippen molar-refractivity contribution in [2.24, 2.45) is 0 Å². The van der Waals surface area contributed by atoms with Gasteiger partial charge in [0.05, 0.1) is 16.3 Å². The Kier molecular flexibility index (Phi) is 3.82. The fourth-order valence-corrected chi connectivity index (χ4v) is 3.28. The number of alkyl halides is 3. The van der Waals surface area contributed by atoms with E-state index in [2.05, 4.69) is 17.1 Å². The van der Waals surface area contributed by atoms with Gasteiger partial charge in [-0.05, 0) is 44.4 Å². The Bertz CT molecular complexity index is 528. The fraction of sp³-hybridized carbons (Fsp3) is 0.600. The number of benzene rings is 1. The molecule has 1 heterocycles. The lowest BCUT2D eigenvalue weighted by atomic mass is 10.1. The molecule has 2 aliphatic rings. The van der Waals surface area contributed by atoms with E-state index in [1.54, 1.807) is 0 Å². The summed E-state index contributed by atoms with van der Waals surface area (Å²) in [6.45, 7) is 3.05. The SMILES string of the molecule is CC1CC(Nc2cc(C(F)(F)F)ccc2Cl)CN1C1CC1. The lowest BCUT2D eigenvalue weighted by Crippen LogP contribution is -2.31. The highest BCUT2D eigenvalue weighted by Crippen LogP contribution is 2.37. The number of hydrogen-bond donors (Lipinski definition) is 1. The van der Waals surface area contributed by atoms with Crippen molar-refractivity contribution < 1.29 is 13.2 Å². The van der Waals surface area contributed by atoms with Gasteiger partial charge in [0, 0.05) is 24.7 Å². The monoisotopic (exact) mass is 318 g/mol. The maximum atomic E-state index is 12.8. The number of anilines is 1. The molecule has 2 nitrogen and oxygen atoms in total. The van der Waals surface area contributed by atoms with Gasteiger partial charge < -0.3 is 5.32 Å². The molecule has 0 aromatic heterocycles. The molecule has 0 spiro atoms. The van der Waals surface area contributed by atoms with Crippen molar-refractivity contribution in [3.05, 3.63) is 28.8 Å². The summed E-state index contributed by atoms with van der Waals surface area (Å²) in [5.74, 6) is 0. The van der Waals surface area contributed by atoms with Crippen LogP contribution >= 0.6 is 11.6 Å². The van der Waals surface area contributed by atoms with Crippen molar-refractivity contribution in [2.75, 3.05) is 11.9 Å². The van der Waals surface area contributed by atoms with E-state index in [4.69, 9.17) is 11.6 Å². The zero-order valence-corrected chi connectivity index (χ0v) is 12.5. The maximum absolute atomic E-state index is 12.8. The second kappa shape index (κ2) is 5.36. The van der Waals surface area contributed by atoms with Crippen molar-refractivity contribution in [1.29, 1.82) is 0 Å². The predicted octanol–water partition coefficient (Wildman–Crippen LogP) is 4.40. The summed E-state index contributed by atoms with van der Waals surface area (Å²) in [6, 6.07) is 4.72. The normalized spacial score (nSPS) is 27.1. The summed E-state index contributed by atoms with van der Waals surface area (Å²) in [5, 5.41) is 3.52. The largest absolute Gasteiger partial charge is 0.416 e. The van der Waals surface area contributed by atoms with Crippen molar-refractivity contribution in [1.82, 2.24) is 4.90 Å². The van der Waals surface area contributed by atoms with Gasteiger partial charge in [0.2, 0.25) is 0 Å². The van der Waals surface area contributed by atoms with Gasteiger partial charge in [-0.3, -0.25) is 4.90 Å². The van der Waals surface area contributed by atoms with E-state index >= 15 is 0 Å².